The Balaban J connectivity index is 2.39. The molecule has 18 heavy (non-hydrogen) atoms. The molecule has 0 saturated carbocycles. The van der Waals surface area contributed by atoms with E-state index < -0.39 is 11.7 Å². The predicted octanol–water partition coefficient (Wildman–Crippen LogP) is 4.40. The molecule has 1 aliphatic rings. The standard InChI is InChI=1S/C13H9ClF3N/c14-11-7-3-2-6-10(7)18-12-8(11)4-1-5-9(12)13(15,16)17/h1,4-5H,2-3,6H2. The molecule has 1 nitrogen and oxygen atoms in total. The number of benzene rings is 1. The summed E-state index contributed by atoms with van der Waals surface area (Å²) in [6.45, 7) is 0. The molecule has 0 bridgehead atoms. The number of hydrogen-bond acceptors (Lipinski definition) is 1. The van der Waals surface area contributed by atoms with Gasteiger partial charge in [-0.25, -0.2) is 0 Å². The molecule has 1 heterocycles. The van der Waals surface area contributed by atoms with E-state index in [1.165, 1.54) is 6.07 Å². The lowest BCUT2D eigenvalue weighted by Crippen LogP contribution is -2.07. The molecule has 1 aliphatic carbocycles. The van der Waals surface area contributed by atoms with E-state index in [0.29, 0.717) is 22.5 Å². The average Bonchev–Trinajstić information content (AvgIpc) is 2.75. The number of alkyl halides is 3. The lowest BCUT2D eigenvalue weighted by Gasteiger charge is -2.12. The Morgan fingerprint density at radius 2 is 1.94 bits per heavy atom. The van der Waals surface area contributed by atoms with Crippen LogP contribution in [0.2, 0.25) is 5.02 Å². The van der Waals surface area contributed by atoms with Crippen molar-refractivity contribution in [1.29, 1.82) is 0 Å². The zero-order chi connectivity index (χ0) is 12.9. The smallest absolute Gasteiger partial charge is 0.252 e. The van der Waals surface area contributed by atoms with Crippen LogP contribution in [0.25, 0.3) is 10.9 Å². The molecule has 0 saturated heterocycles. The largest absolute Gasteiger partial charge is 0.418 e. The summed E-state index contributed by atoms with van der Waals surface area (Å²) in [4.78, 5) is 4.18. The van der Waals surface area contributed by atoms with Gasteiger partial charge in [0.25, 0.3) is 0 Å². The minimum absolute atomic E-state index is 0.0318. The fourth-order valence-electron chi connectivity index (χ4n) is 2.45. The normalized spacial score (nSPS) is 15.1. The van der Waals surface area contributed by atoms with Crippen LogP contribution in [0.5, 0.6) is 0 Å². The van der Waals surface area contributed by atoms with E-state index in [-0.39, 0.29) is 5.52 Å². The number of halogens is 4. The number of rotatable bonds is 0. The van der Waals surface area contributed by atoms with Crippen LogP contribution < -0.4 is 0 Å². The van der Waals surface area contributed by atoms with Gasteiger partial charge in [-0.15, -0.1) is 0 Å². The summed E-state index contributed by atoms with van der Waals surface area (Å²) < 4.78 is 38.8. The second kappa shape index (κ2) is 3.85. The molecular weight excluding hydrogens is 263 g/mol. The second-order valence-electron chi connectivity index (χ2n) is 4.40. The highest BCUT2D eigenvalue weighted by atomic mass is 35.5. The zero-order valence-electron chi connectivity index (χ0n) is 9.31. The van der Waals surface area contributed by atoms with Crippen molar-refractivity contribution in [3.05, 3.63) is 40.0 Å². The molecule has 2 aromatic rings. The van der Waals surface area contributed by atoms with Crippen molar-refractivity contribution in [3.8, 4) is 0 Å². The lowest BCUT2D eigenvalue weighted by atomic mass is 10.1. The van der Waals surface area contributed by atoms with Crippen LogP contribution in [0.4, 0.5) is 13.2 Å². The minimum Gasteiger partial charge on any atom is -0.252 e. The summed E-state index contributed by atoms with van der Waals surface area (Å²) in [5.41, 5.74) is 0.875. The fraction of sp³-hybridized carbons (Fsp3) is 0.308. The van der Waals surface area contributed by atoms with Crippen molar-refractivity contribution in [2.45, 2.75) is 25.4 Å². The number of aryl methyl sites for hydroxylation is 1. The van der Waals surface area contributed by atoms with Gasteiger partial charge < -0.3 is 0 Å². The average molecular weight is 272 g/mol. The summed E-state index contributed by atoms with van der Waals surface area (Å²) in [5, 5.41) is 0.825. The number of pyridine rings is 1. The van der Waals surface area contributed by atoms with Crippen molar-refractivity contribution in [1.82, 2.24) is 4.98 Å². The quantitative estimate of drug-likeness (QED) is 0.692. The first kappa shape index (κ1) is 11.8. The first-order chi connectivity index (χ1) is 8.48. The second-order valence-corrected chi connectivity index (χ2v) is 4.78. The van der Waals surface area contributed by atoms with Gasteiger partial charge >= 0.3 is 6.18 Å². The SMILES string of the molecule is FC(F)(F)c1cccc2c(Cl)c3c(nc12)CCC3. The van der Waals surface area contributed by atoms with Crippen LogP contribution in [-0.2, 0) is 19.0 Å². The van der Waals surface area contributed by atoms with Gasteiger partial charge in [0.2, 0.25) is 0 Å². The summed E-state index contributed by atoms with van der Waals surface area (Å²) in [5.74, 6) is 0. The van der Waals surface area contributed by atoms with Gasteiger partial charge in [-0.3, -0.25) is 4.98 Å². The van der Waals surface area contributed by atoms with Gasteiger partial charge in [-0.1, -0.05) is 23.7 Å². The Morgan fingerprint density at radius 3 is 2.67 bits per heavy atom. The maximum absolute atomic E-state index is 12.9. The number of fused-ring (bicyclic) bond motifs is 2. The van der Waals surface area contributed by atoms with Crippen LogP contribution >= 0.6 is 11.6 Å². The highest BCUT2D eigenvalue weighted by molar-refractivity contribution is 6.36. The topological polar surface area (TPSA) is 12.9 Å². The molecule has 0 atom stereocenters. The molecule has 0 N–H and O–H groups in total. The third-order valence-electron chi connectivity index (χ3n) is 3.28. The van der Waals surface area contributed by atoms with E-state index in [0.717, 1.165) is 24.5 Å². The van der Waals surface area contributed by atoms with Crippen LogP contribution in [0, 0.1) is 0 Å². The maximum atomic E-state index is 12.9. The molecule has 0 radical (unpaired) electrons. The molecule has 1 aromatic carbocycles. The van der Waals surface area contributed by atoms with E-state index in [1.807, 2.05) is 0 Å². The predicted molar refractivity (Wildman–Crippen MR) is 63.8 cm³/mol. The van der Waals surface area contributed by atoms with Crippen molar-refractivity contribution >= 4 is 22.5 Å². The van der Waals surface area contributed by atoms with E-state index in [2.05, 4.69) is 4.98 Å². The van der Waals surface area contributed by atoms with E-state index in [9.17, 15) is 13.2 Å². The van der Waals surface area contributed by atoms with Gasteiger partial charge in [-0.2, -0.15) is 13.2 Å². The highest BCUT2D eigenvalue weighted by Gasteiger charge is 2.34. The van der Waals surface area contributed by atoms with Crippen molar-refractivity contribution in [3.63, 3.8) is 0 Å². The van der Waals surface area contributed by atoms with Crippen LogP contribution in [0.3, 0.4) is 0 Å². The first-order valence-electron chi connectivity index (χ1n) is 5.65. The molecule has 0 spiro atoms. The Labute approximate surface area is 107 Å². The van der Waals surface area contributed by atoms with Crippen LogP contribution in [-0.4, -0.2) is 4.98 Å². The number of hydrogen-bond donors (Lipinski definition) is 0. The molecule has 5 heteroatoms. The van der Waals surface area contributed by atoms with E-state index in [4.69, 9.17) is 11.6 Å². The van der Waals surface area contributed by atoms with Crippen LogP contribution in [0.15, 0.2) is 18.2 Å². The molecule has 0 fully saturated rings. The number of aromatic nitrogens is 1. The summed E-state index contributed by atoms with van der Waals surface area (Å²) in [6, 6.07) is 4.02. The zero-order valence-corrected chi connectivity index (χ0v) is 10.1. The number of nitrogens with zero attached hydrogens (tertiary/aromatic N) is 1. The summed E-state index contributed by atoms with van der Waals surface area (Å²) in [7, 11) is 0. The van der Waals surface area contributed by atoms with E-state index in [1.54, 1.807) is 6.07 Å². The Hall–Kier alpha value is -1.29. The molecule has 0 amide bonds. The minimum atomic E-state index is -4.40. The first-order valence-corrected chi connectivity index (χ1v) is 6.03. The molecule has 0 aliphatic heterocycles. The van der Waals surface area contributed by atoms with Gasteiger partial charge in [-0.05, 0) is 30.9 Å². The lowest BCUT2D eigenvalue weighted by molar-refractivity contribution is -0.136. The van der Waals surface area contributed by atoms with Crippen molar-refractivity contribution in [2.24, 2.45) is 0 Å². The van der Waals surface area contributed by atoms with Crippen molar-refractivity contribution < 1.29 is 13.2 Å². The molecular formula is C13H9ClF3N. The maximum Gasteiger partial charge on any atom is 0.418 e. The van der Waals surface area contributed by atoms with Gasteiger partial charge in [0.1, 0.15) is 0 Å². The third kappa shape index (κ3) is 1.67. The highest BCUT2D eigenvalue weighted by Crippen LogP contribution is 2.39. The van der Waals surface area contributed by atoms with Crippen molar-refractivity contribution in [2.75, 3.05) is 0 Å². The van der Waals surface area contributed by atoms with E-state index >= 15 is 0 Å². The Kier molecular flexibility index (Phi) is 2.52. The van der Waals surface area contributed by atoms with Gasteiger partial charge in [0, 0.05) is 11.1 Å². The number of para-hydroxylation sites is 1. The van der Waals surface area contributed by atoms with Crippen LogP contribution in [0.1, 0.15) is 23.2 Å². The fourth-order valence-corrected chi connectivity index (χ4v) is 2.81. The molecule has 0 unspecified atom stereocenters. The summed E-state index contributed by atoms with van der Waals surface area (Å²) >= 11 is 6.20. The van der Waals surface area contributed by atoms with Gasteiger partial charge in [0.05, 0.1) is 16.1 Å². The Bertz CT molecular complexity index is 634. The Morgan fingerprint density at radius 1 is 1.17 bits per heavy atom. The monoisotopic (exact) mass is 271 g/mol. The molecule has 3 rings (SSSR count). The molecule has 1 aromatic heterocycles. The van der Waals surface area contributed by atoms with Gasteiger partial charge in [0.15, 0.2) is 0 Å². The third-order valence-corrected chi connectivity index (χ3v) is 3.71. The summed E-state index contributed by atoms with van der Waals surface area (Å²) in [6.07, 6.45) is -1.99. The molecule has 94 valence electrons.